The van der Waals surface area contributed by atoms with Gasteiger partial charge in [0.2, 0.25) is 5.91 Å². The maximum atomic E-state index is 13.1. The van der Waals surface area contributed by atoms with Crippen molar-refractivity contribution in [3.8, 4) is 11.1 Å². The van der Waals surface area contributed by atoms with Crippen molar-refractivity contribution in [1.82, 2.24) is 24.7 Å². The third-order valence-corrected chi connectivity index (χ3v) is 5.61. The summed E-state index contributed by atoms with van der Waals surface area (Å²) in [6.45, 7) is 2.54. The highest BCUT2D eigenvalue weighted by molar-refractivity contribution is 5.92. The fourth-order valence-corrected chi connectivity index (χ4v) is 3.68. The van der Waals surface area contributed by atoms with Crippen molar-refractivity contribution in [2.75, 3.05) is 19.0 Å². The summed E-state index contributed by atoms with van der Waals surface area (Å²) in [7, 11) is 1.65. The SMILES string of the molecule is COCCn1cc(Cc2ncc(-c3ccc(CC(=O)Nc4cnc(C)c(C(F)(F)F)c4)cc3)cn2)cn1. The summed E-state index contributed by atoms with van der Waals surface area (Å²) in [6.07, 6.45) is 4.43. The molecule has 11 heteroatoms. The van der Waals surface area contributed by atoms with Crippen LogP contribution in [-0.4, -0.2) is 44.4 Å². The Balaban J connectivity index is 1.34. The van der Waals surface area contributed by atoms with Gasteiger partial charge in [0.05, 0.1) is 43.2 Å². The van der Waals surface area contributed by atoms with Gasteiger partial charge in [-0.1, -0.05) is 24.3 Å². The van der Waals surface area contributed by atoms with Crippen LogP contribution in [0.15, 0.2) is 61.3 Å². The molecule has 0 aliphatic carbocycles. The first-order chi connectivity index (χ1) is 17.7. The summed E-state index contributed by atoms with van der Waals surface area (Å²) in [4.78, 5) is 25.0. The highest BCUT2D eigenvalue weighted by Crippen LogP contribution is 2.32. The van der Waals surface area contributed by atoms with Gasteiger partial charge in [0.25, 0.3) is 0 Å². The quantitative estimate of drug-likeness (QED) is 0.357. The van der Waals surface area contributed by atoms with Crippen LogP contribution in [0.1, 0.15) is 28.2 Å². The maximum absolute atomic E-state index is 13.1. The van der Waals surface area contributed by atoms with E-state index >= 15 is 0 Å². The molecule has 0 atom stereocenters. The molecule has 0 spiro atoms. The lowest BCUT2D eigenvalue weighted by atomic mass is 10.0. The minimum Gasteiger partial charge on any atom is -0.383 e. The van der Waals surface area contributed by atoms with Crippen molar-refractivity contribution in [1.29, 1.82) is 0 Å². The molecule has 192 valence electrons. The van der Waals surface area contributed by atoms with Crippen LogP contribution in [0.25, 0.3) is 11.1 Å². The monoisotopic (exact) mass is 510 g/mol. The number of aryl methyl sites for hydroxylation is 1. The second-order valence-electron chi connectivity index (χ2n) is 8.45. The van der Waals surface area contributed by atoms with E-state index in [-0.39, 0.29) is 17.8 Å². The summed E-state index contributed by atoms with van der Waals surface area (Å²) in [5.41, 5.74) is 2.39. The van der Waals surface area contributed by atoms with E-state index < -0.39 is 17.6 Å². The van der Waals surface area contributed by atoms with Crippen molar-refractivity contribution < 1.29 is 22.7 Å². The van der Waals surface area contributed by atoms with Gasteiger partial charge in [0, 0.05) is 43.4 Å². The molecule has 0 aliphatic rings. The molecule has 3 heterocycles. The van der Waals surface area contributed by atoms with Gasteiger partial charge in [-0.2, -0.15) is 18.3 Å². The number of benzene rings is 1. The van der Waals surface area contributed by atoms with Crippen molar-refractivity contribution in [3.05, 3.63) is 89.5 Å². The van der Waals surface area contributed by atoms with Gasteiger partial charge >= 0.3 is 6.18 Å². The Morgan fingerprint density at radius 2 is 1.73 bits per heavy atom. The molecule has 4 aromatic rings. The van der Waals surface area contributed by atoms with Gasteiger partial charge < -0.3 is 10.1 Å². The molecule has 0 fully saturated rings. The zero-order valence-corrected chi connectivity index (χ0v) is 20.3. The van der Waals surface area contributed by atoms with E-state index in [4.69, 9.17) is 4.74 Å². The normalized spacial score (nSPS) is 11.5. The third-order valence-electron chi connectivity index (χ3n) is 5.61. The summed E-state index contributed by atoms with van der Waals surface area (Å²) >= 11 is 0. The lowest BCUT2D eigenvalue weighted by Crippen LogP contribution is -2.16. The summed E-state index contributed by atoms with van der Waals surface area (Å²) in [5, 5.41) is 6.77. The fourth-order valence-electron chi connectivity index (χ4n) is 3.68. The second-order valence-corrected chi connectivity index (χ2v) is 8.45. The standard InChI is InChI=1S/C26H25F3N6O2/c1-17-23(26(27,28)29)11-22(15-30-17)34-25(36)10-18-3-5-20(6-4-18)21-13-31-24(32-14-21)9-19-12-33-35(16-19)7-8-37-2/h3-6,11-16H,7-10H2,1-2H3,(H,34,36). The lowest BCUT2D eigenvalue weighted by molar-refractivity contribution is -0.138. The number of rotatable bonds is 9. The van der Waals surface area contributed by atoms with Gasteiger partial charge in [-0.15, -0.1) is 0 Å². The van der Waals surface area contributed by atoms with Gasteiger partial charge in [0.1, 0.15) is 5.82 Å². The minimum atomic E-state index is -4.54. The van der Waals surface area contributed by atoms with E-state index in [0.717, 1.165) is 22.8 Å². The largest absolute Gasteiger partial charge is 0.418 e. The van der Waals surface area contributed by atoms with E-state index in [1.54, 1.807) is 37.8 Å². The molecule has 8 nitrogen and oxygen atoms in total. The van der Waals surface area contributed by atoms with Crippen LogP contribution in [0.3, 0.4) is 0 Å². The number of carbonyl (C=O) groups is 1. The smallest absolute Gasteiger partial charge is 0.383 e. The van der Waals surface area contributed by atoms with Gasteiger partial charge in [0.15, 0.2) is 0 Å². The number of methoxy groups -OCH3 is 1. The number of nitrogens with zero attached hydrogens (tertiary/aromatic N) is 5. The van der Waals surface area contributed by atoms with Crippen LogP contribution >= 0.6 is 0 Å². The molecular formula is C26H25F3N6O2. The molecule has 0 saturated heterocycles. The van der Waals surface area contributed by atoms with Crippen LogP contribution in [0.5, 0.6) is 0 Å². The van der Waals surface area contributed by atoms with Crippen molar-refractivity contribution >= 4 is 11.6 Å². The van der Waals surface area contributed by atoms with Gasteiger partial charge in [-0.3, -0.25) is 14.5 Å². The topological polar surface area (TPSA) is 94.8 Å². The molecule has 37 heavy (non-hydrogen) atoms. The van der Waals surface area contributed by atoms with Crippen LogP contribution < -0.4 is 5.32 Å². The van der Waals surface area contributed by atoms with E-state index in [0.29, 0.717) is 31.0 Å². The van der Waals surface area contributed by atoms with Crippen LogP contribution in [0.2, 0.25) is 0 Å². The molecule has 1 N–H and O–H groups in total. The number of amides is 1. The Kier molecular flexibility index (Phi) is 7.92. The summed E-state index contributed by atoms with van der Waals surface area (Å²) in [6, 6.07) is 8.14. The molecule has 0 unspecified atom stereocenters. The molecule has 1 aromatic carbocycles. The molecule has 4 rings (SSSR count). The Morgan fingerprint density at radius 1 is 1.00 bits per heavy atom. The molecule has 0 saturated carbocycles. The molecule has 0 radical (unpaired) electrons. The first-order valence-corrected chi connectivity index (χ1v) is 11.5. The van der Waals surface area contributed by atoms with E-state index in [9.17, 15) is 18.0 Å². The number of aromatic nitrogens is 5. The molecular weight excluding hydrogens is 485 g/mol. The zero-order chi connectivity index (χ0) is 26.4. The Labute approximate surface area is 211 Å². The number of hydrogen-bond donors (Lipinski definition) is 1. The predicted octanol–water partition coefficient (Wildman–Crippen LogP) is 4.48. The summed E-state index contributed by atoms with van der Waals surface area (Å²) in [5.74, 6) is 0.229. The average Bonchev–Trinajstić information content (AvgIpc) is 3.31. The number of ether oxygens (including phenoxy) is 1. The second kappa shape index (κ2) is 11.3. The number of pyridine rings is 1. The first kappa shape index (κ1) is 26.0. The van der Waals surface area contributed by atoms with Crippen LogP contribution in [0, 0.1) is 6.92 Å². The molecule has 0 bridgehead atoms. The van der Waals surface area contributed by atoms with Crippen molar-refractivity contribution in [2.24, 2.45) is 0 Å². The van der Waals surface area contributed by atoms with Gasteiger partial charge in [-0.05, 0) is 29.7 Å². The number of anilines is 1. The van der Waals surface area contributed by atoms with Gasteiger partial charge in [-0.25, -0.2) is 9.97 Å². The Morgan fingerprint density at radius 3 is 2.41 bits per heavy atom. The fraction of sp³-hybridized carbons (Fsp3) is 0.269. The number of halogens is 3. The number of nitrogens with one attached hydrogen (secondary N) is 1. The number of alkyl halides is 3. The summed E-state index contributed by atoms with van der Waals surface area (Å²) < 4.78 is 46.1. The minimum absolute atomic E-state index is 0.000827. The number of carbonyl (C=O) groups excluding carboxylic acids is 1. The maximum Gasteiger partial charge on any atom is 0.418 e. The number of hydrogen-bond acceptors (Lipinski definition) is 6. The molecule has 3 aromatic heterocycles. The molecule has 0 aliphatic heterocycles. The third kappa shape index (κ3) is 6.98. The average molecular weight is 511 g/mol. The van der Waals surface area contributed by atoms with E-state index in [1.165, 1.54) is 13.1 Å². The van der Waals surface area contributed by atoms with Crippen molar-refractivity contribution in [3.63, 3.8) is 0 Å². The predicted molar refractivity (Wildman–Crippen MR) is 131 cm³/mol. The zero-order valence-electron chi connectivity index (χ0n) is 20.3. The van der Waals surface area contributed by atoms with Crippen LogP contribution in [-0.2, 0) is 35.1 Å². The Bertz CT molecular complexity index is 1350. The molecule has 1 amide bonds. The van der Waals surface area contributed by atoms with E-state index in [1.807, 2.05) is 23.0 Å². The lowest BCUT2D eigenvalue weighted by Gasteiger charge is -2.12. The highest BCUT2D eigenvalue weighted by Gasteiger charge is 2.33. The Hall–Kier alpha value is -4.12. The van der Waals surface area contributed by atoms with E-state index in [2.05, 4.69) is 25.4 Å². The van der Waals surface area contributed by atoms with Crippen LogP contribution in [0.4, 0.5) is 18.9 Å². The first-order valence-electron chi connectivity index (χ1n) is 11.5. The van der Waals surface area contributed by atoms with Crippen molar-refractivity contribution in [2.45, 2.75) is 32.5 Å². The highest BCUT2D eigenvalue weighted by atomic mass is 19.4.